The van der Waals surface area contributed by atoms with Crippen molar-refractivity contribution < 1.29 is 9.59 Å². The van der Waals surface area contributed by atoms with Gasteiger partial charge in [-0.25, -0.2) is 0 Å². The Morgan fingerprint density at radius 1 is 0.929 bits per heavy atom. The summed E-state index contributed by atoms with van der Waals surface area (Å²) in [6.07, 6.45) is 4.66. The largest absolute Gasteiger partial charge is 0.285 e. The Morgan fingerprint density at radius 2 is 1.29 bits per heavy atom. The van der Waals surface area contributed by atoms with Crippen LogP contribution in [-0.4, -0.2) is 23.8 Å². The molecule has 2 amide bonds. The summed E-state index contributed by atoms with van der Waals surface area (Å²) in [5.41, 5.74) is 0. The van der Waals surface area contributed by atoms with E-state index < -0.39 is 0 Å². The lowest BCUT2D eigenvalue weighted by Gasteiger charge is -2.42. The van der Waals surface area contributed by atoms with Crippen LogP contribution < -0.4 is 0 Å². The van der Waals surface area contributed by atoms with Crippen molar-refractivity contribution in [1.82, 2.24) is 4.90 Å². The first-order valence-electron chi connectivity index (χ1n) is 5.51. The van der Waals surface area contributed by atoms with E-state index in [1.165, 1.54) is 30.6 Å². The summed E-state index contributed by atoms with van der Waals surface area (Å²) in [5, 5.41) is 0. The Morgan fingerprint density at radius 3 is 1.64 bits per heavy atom. The molecule has 2 bridgehead atoms. The summed E-state index contributed by atoms with van der Waals surface area (Å²) < 4.78 is 0. The van der Waals surface area contributed by atoms with Gasteiger partial charge in [0.2, 0.25) is 11.8 Å². The smallest absolute Gasteiger partial charge is 0.233 e. The van der Waals surface area contributed by atoms with Crippen LogP contribution in [0, 0.1) is 23.7 Å². The van der Waals surface area contributed by atoms with E-state index >= 15 is 0 Å². The molecule has 76 valence electrons. The quantitative estimate of drug-likeness (QED) is 0.539. The van der Waals surface area contributed by atoms with Crippen LogP contribution >= 0.6 is 0 Å². The molecule has 0 radical (unpaired) electrons. The molecule has 1 saturated heterocycles. The lowest BCUT2D eigenvalue weighted by atomic mass is 9.59. The molecule has 4 aliphatic rings. The van der Waals surface area contributed by atoms with Gasteiger partial charge in [0.05, 0.1) is 11.8 Å². The van der Waals surface area contributed by atoms with Crippen molar-refractivity contribution in [3.63, 3.8) is 0 Å². The normalized spacial score (nSPS) is 45.9. The molecule has 14 heavy (non-hydrogen) atoms. The second-order valence-corrected chi connectivity index (χ2v) is 4.96. The van der Waals surface area contributed by atoms with Gasteiger partial charge in [-0.3, -0.25) is 14.5 Å². The zero-order valence-corrected chi connectivity index (χ0v) is 8.40. The number of imide groups is 1. The van der Waals surface area contributed by atoms with Crippen molar-refractivity contribution in [2.45, 2.75) is 25.7 Å². The number of hydrogen-bond donors (Lipinski definition) is 0. The van der Waals surface area contributed by atoms with Crippen LogP contribution in [0.3, 0.4) is 0 Å². The van der Waals surface area contributed by atoms with Crippen molar-refractivity contribution in [3.05, 3.63) is 0 Å². The summed E-state index contributed by atoms with van der Waals surface area (Å²) in [4.78, 5) is 25.1. The Labute approximate surface area is 83.5 Å². The molecule has 0 N–H and O–H groups in total. The van der Waals surface area contributed by atoms with Gasteiger partial charge in [-0.2, -0.15) is 0 Å². The number of amides is 2. The first-order chi connectivity index (χ1) is 6.70. The van der Waals surface area contributed by atoms with Crippen LogP contribution in [-0.2, 0) is 9.59 Å². The predicted octanol–water partition coefficient (Wildman–Crippen LogP) is 1.04. The van der Waals surface area contributed by atoms with E-state index in [-0.39, 0.29) is 23.7 Å². The van der Waals surface area contributed by atoms with Crippen molar-refractivity contribution in [2.75, 3.05) is 7.05 Å². The molecule has 0 spiro atoms. The van der Waals surface area contributed by atoms with Gasteiger partial charge in [-0.05, 0) is 37.5 Å². The molecular formula is C11H15NO2. The molecule has 0 aromatic heterocycles. The molecule has 2 atom stereocenters. The second kappa shape index (κ2) is 2.59. The minimum absolute atomic E-state index is 0.0556. The van der Waals surface area contributed by atoms with Gasteiger partial charge in [0.15, 0.2) is 0 Å². The van der Waals surface area contributed by atoms with Gasteiger partial charge in [0, 0.05) is 7.05 Å². The third-order valence-corrected chi connectivity index (χ3v) is 4.45. The Bertz CT molecular complexity index is 274. The van der Waals surface area contributed by atoms with Gasteiger partial charge >= 0.3 is 0 Å². The molecule has 1 aliphatic heterocycles. The standard InChI is InChI=1S/C11H15NO2/c1-12-10(13)8-6-2-3-7(5-4-6)9(8)11(12)14/h6-9H,2-5H2,1H3/t6?,7?,8-,9+. The Balaban J connectivity index is 2.02. The minimum atomic E-state index is 0.0556. The molecule has 3 saturated carbocycles. The number of fused-ring (bicyclic) bond motifs is 2. The molecular weight excluding hydrogens is 178 g/mol. The molecule has 0 unspecified atom stereocenters. The number of hydrogen-bond acceptors (Lipinski definition) is 2. The van der Waals surface area contributed by atoms with Gasteiger partial charge < -0.3 is 0 Å². The first kappa shape index (κ1) is 8.45. The van der Waals surface area contributed by atoms with E-state index in [1.54, 1.807) is 7.05 Å². The zero-order valence-electron chi connectivity index (χ0n) is 8.40. The fourth-order valence-electron chi connectivity index (χ4n) is 3.72. The average Bonchev–Trinajstić information content (AvgIpc) is 2.47. The van der Waals surface area contributed by atoms with E-state index in [2.05, 4.69) is 0 Å². The summed E-state index contributed by atoms with van der Waals surface area (Å²) in [7, 11) is 1.64. The van der Waals surface area contributed by atoms with E-state index in [0.717, 1.165) is 0 Å². The Kier molecular flexibility index (Phi) is 1.56. The van der Waals surface area contributed by atoms with Crippen LogP contribution in [0.5, 0.6) is 0 Å². The third-order valence-electron chi connectivity index (χ3n) is 4.45. The summed E-state index contributed by atoms with van der Waals surface area (Å²) >= 11 is 0. The molecule has 0 aromatic carbocycles. The highest BCUT2D eigenvalue weighted by Crippen LogP contribution is 2.52. The number of carbonyl (C=O) groups is 2. The maximum absolute atomic E-state index is 11.8. The summed E-state index contributed by atoms with van der Waals surface area (Å²) in [5.74, 6) is 1.31. The molecule has 3 heteroatoms. The fraction of sp³-hybridized carbons (Fsp3) is 0.818. The first-order valence-corrected chi connectivity index (χ1v) is 5.51. The maximum Gasteiger partial charge on any atom is 0.233 e. The molecule has 3 nitrogen and oxygen atoms in total. The monoisotopic (exact) mass is 193 g/mol. The van der Waals surface area contributed by atoms with E-state index in [9.17, 15) is 9.59 Å². The van der Waals surface area contributed by atoms with Crippen LogP contribution in [0.4, 0.5) is 0 Å². The third kappa shape index (κ3) is 0.830. The highest BCUT2D eigenvalue weighted by atomic mass is 16.2. The van der Waals surface area contributed by atoms with Crippen LogP contribution in [0.25, 0.3) is 0 Å². The molecule has 1 heterocycles. The van der Waals surface area contributed by atoms with Gasteiger partial charge in [0.1, 0.15) is 0 Å². The minimum Gasteiger partial charge on any atom is -0.285 e. The summed E-state index contributed by atoms with van der Waals surface area (Å²) in [6, 6.07) is 0. The van der Waals surface area contributed by atoms with Crippen LogP contribution in [0.2, 0.25) is 0 Å². The predicted molar refractivity (Wildman–Crippen MR) is 50.2 cm³/mol. The molecule has 4 fully saturated rings. The van der Waals surface area contributed by atoms with E-state index in [0.29, 0.717) is 11.8 Å². The number of nitrogens with zero attached hydrogens (tertiary/aromatic N) is 1. The van der Waals surface area contributed by atoms with E-state index in [1.807, 2.05) is 0 Å². The lowest BCUT2D eigenvalue weighted by Crippen LogP contribution is -2.41. The zero-order chi connectivity index (χ0) is 9.87. The highest BCUT2D eigenvalue weighted by Gasteiger charge is 2.56. The molecule has 0 aromatic rings. The van der Waals surface area contributed by atoms with E-state index in [4.69, 9.17) is 0 Å². The van der Waals surface area contributed by atoms with Crippen molar-refractivity contribution >= 4 is 11.8 Å². The number of carbonyl (C=O) groups excluding carboxylic acids is 2. The summed E-state index contributed by atoms with van der Waals surface area (Å²) in [6.45, 7) is 0. The second-order valence-electron chi connectivity index (χ2n) is 4.96. The molecule has 3 aliphatic carbocycles. The highest BCUT2D eigenvalue weighted by molar-refractivity contribution is 6.05. The SMILES string of the molecule is CN1C(=O)[C@@H]2C3CCC(CC3)[C@@H]2C1=O. The van der Waals surface area contributed by atoms with Crippen LogP contribution in [0.1, 0.15) is 25.7 Å². The average molecular weight is 193 g/mol. The lowest BCUT2D eigenvalue weighted by molar-refractivity contribution is -0.138. The van der Waals surface area contributed by atoms with Crippen molar-refractivity contribution in [3.8, 4) is 0 Å². The van der Waals surface area contributed by atoms with Gasteiger partial charge in [0.25, 0.3) is 0 Å². The maximum atomic E-state index is 11.8. The van der Waals surface area contributed by atoms with Gasteiger partial charge in [-0.15, -0.1) is 0 Å². The van der Waals surface area contributed by atoms with Gasteiger partial charge in [-0.1, -0.05) is 0 Å². The number of rotatable bonds is 0. The number of likely N-dealkylation sites (tertiary alicyclic amines) is 1. The van der Waals surface area contributed by atoms with Crippen molar-refractivity contribution in [1.29, 1.82) is 0 Å². The molecule has 4 rings (SSSR count). The van der Waals surface area contributed by atoms with Crippen LogP contribution in [0.15, 0.2) is 0 Å². The Hall–Kier alpha value is -0.860. The topological polar surface area (TPSA) is 37.4 Å². The van der Waals surface area contributed by atoms with Crippen molar-refractivity contribution in [2.24, 2.45) is 23.7 Å². The fourth-order valence-corrected chi connectivity index (χ4v) is 3.72.